The zero-order chi connectivity index (χ0) is 12.7. The molecular weight excluding hydrogens is 232 g/mol. The van der Waals surface area contributed by atoms with E-state index in [4.69, 9.17) is 5.11 Å². The molecule has 1 N–H and O–H groups in total. The Labute approximate surface area is 108 Å². The number of aliphatic hydroxyl groups is 1. The minimum atomic E-state index is 0.234. The second kappa shape index (κ2) is 7.80. The van der Waals surface area contributed by atoms with Gasteiger partial charge in [0.15, 0.2) is 0 Å². The maximum Gasteiger partial charge on any atom is 0.0930 e. The summed E-state index contributed by atoms with van der Waals surface area (Å²) < 4.78 is 0. The van der Waals surface area contributed by atoms with Crippen molar-refractivity contribution >= 4 is 11.3 Å². The van der Waals surface area contributed by atoms with Gasteiger partial charge < -0.3 is 5.11 Å². The highest BCUT2D eigenvalue weighted by molar-refractivity contribution is 7.11. The lowest BCUT2D eigenvalue weighted by atomic mass is 10.1. The first-order chi connectivity index (χ1) is 8.15. The number of thiazole rings is 1. The molecule has 98 valence electrons. The monoisotopic (exact) mass is 256 g/mol. The number of aromatic nitrogens is 1. The fourth-order valence-electron chi connectivity index (χ4n) is 1.81. The molecule has 17 heavy (non-hydrogen) atoms. The third-order valence-corrected chi connectivity index (χ3v) is 3.52. The van der Waals surface area contributed by atoms with Crippen molar-refractivity contribution in [3.8, 4) is 0 Å². The van der Waals surface area contributed by atoms with Crippen LogP contribution in [0.2, 0.25) is 0 Å². The summed E-state index contributed by atoms with van der Waals surface area (Å²) in [5.41, 5.74) is 0. The topological polar surface area (TPSA) is 36.4 Å². The van der Waals surface area contributed by atoms with E-state index < -0.39 is 0 Å². The highest BCUT2D eigenvalue weighted by atomic mass is 32.1. The molecule has 3 nitrogen and oxygen atoms in total. The van der Waals surface area contributed by atoms with Crippen LogP contribution in [0.15, 0.2) is 6.20 Å². The van der Waals surface area contributed by atoms with Gasteiger partial charge in [0.1, 0.15) is 0 Å². The fraction of sp³-hybridized carbons (Fsp3) is 0.769. The molecule has 0 aliphatic carbocycles. The molecule has 1 rings (SSSR count). The van der Waals surface area contributed by atoms with E-state index in [0.717, 1.165) is 32.5 Å². The number of nitrogens with zero attached hydrogens (tertiary/aromatic N) is 2. The SMILES string of the molecule is CCCN(CCO)Cc1cnc(CC(C)C)s1. The molecule has 4 heteroatoms. The molecule has 0 bridgehead atoms. The van der Waals surface area contributed by atoms with Gasteiger partial charge in [-0.2, -0.15) is 0 Å². The Morgan fingerprint density at radius 2 is 2.18 bits per heavy atom. The van der Waals surface area contributed by atoms with Gasteiger partial charge in [0.25, 0.3) is 0 Å². The molecule has 0 aromatic carbocycles. The predicted molar refractivity (Wildman–Crippen MR) is 73.3 cm³/mol. The standard InChI is InChI=1S/C13H24N2OS/c1-4-5-15(6-7-16)10-12-9-14-13(17-12)8-11(2)3/h9,11,16H,4-8,10H2,1-3H3. The van der Waals surface area contributed by atoms with Crippen molar-refractivity contribution in [1.82, 2.24) is 9.88 Å². The molecule has 1 aromatic rings. The third kappa shape index (κ3) is 5.61. The number of aliphatic hydroxyl groups excluding tert-OH is 1. The Hall–Kier alpha value is -0.450. The minimum Gasteiger partial charge on any atom is -0.395 e. The fourth-order valence-corrected chi connectivity index (χ4v) is 2.99. The van der Waals surface area contributed by atoms with E-state index in [2.05, 4.69) is 30.7 Å². The summed E-state index contributed by atoms with van der Waals surface area (Å²) in [5.74, 6) is 0.665. The summed E-state index contributed by atoms with van der Waals surface area (Å²) >= 11 is 1.81. The van der Waals surface area contributed by atoms with Crippen LogP contribution in [0, 0.1) is 5.92 Å². The first-order valence-electron chi connectivity index (χ1n) is 6.42. The zero-order valence-corrected chi connectivity index (χ0v) is 12.0. The van der Waals surface area contributed by atoms with Gasteiger partial charge in [0.05, 0.1) is 11.6 Å². The highest BCUT2D eigenvalue weighted by Gasteiger charge is 2.08. The first-order valence-corrected chi connectivity index (χ1v) is 7.24. The van der Waals surface area contributed by atoms with Crippen LogP contribution < -0.4 is 0 Å². The van der Waals surface area contributed by atoms with Gasteiger partial charge in [-0.3, -0.25) is 4.90 Å². The molecule has 0 radical (unpaired) electrons. The van der Waals surface area contributed by atoms with Gasteiger partial charge >= 0.3 is 0 Å². The van der Waals surface area contributed by atoms with E-state index in [0.29, 0.717) is 5.92 Å². The Kier molecular flexibility index (Phi) is 6.70. The smallest absolute Gasteiger partial charge is 0.0930 e. The zero-order valence-electron chi connectivity index (χ0n) is 11.1. The Morgan fingerprint density at radius 1 is 1.41 bits per heavy atom. The van der Waals surface area contributed by atoms with Crippen LogP contribution >= 0.6 is 11.3 Å². The lowest BCUT2D eigenvalue weighted by molar-refractivity contribution is 0.191. The summed E-state index contributed by atoms with van der Waals surface area (Å²) in [6, 6.07) is 0. The summed E-state index contributed by atoms with van der Waals surface area (Å²) in [6.07, 6.45) is 4.18. The molecule has 0 atom stereocenters. The van der Waals surface area contributed by atoms with Crippen LogP contribution in [0.25, 0.3) is 0 Å². The van der Waals surface area contributed by atoms with Crippen molar-refractivity contribution in [2.45, 2.75) is 40.2 Å². The molecule has 0 aliphatic heterocycles. The average Bonchev–Trinajstić information content (AvgIpc) is 2.65. The maximum absolute atomic E-state index is 9.01. The Bertz CT molecular complexity index is 306. The number of rotatable bonds is 8. The molecule has 0 saturated heterocycles. The molecule has 0 unspecified atom stereocenters. The van der Waals surface area contributed by atoms with Crippen LogP contribution in [0.3, 0.4) is 0 Å². The van der Waals surface area contributed by atoms with Gasteiger partial charge in [-0.05, 0) is 18.9 Å². The molecule has 0 fully saturated rings. The molecule has 0 aliphatic rings. The van der Waals surface area contributed by atoms with E-state index in [9.17, 15) is 0 Å². The van der Waals surface area contributed by atoms with Crippen LogP contribution in [0.1, 0.15) is 37.1 Å². The third-order valence-electron chi connectivity index (χ3n) is 2.52. The average molecular weight is 256 g/mol. The minimum absolute atomic E-state index is 0.234. The molecular formula is C13H24N2OS. The van der Waals surface area contributed by atoms with Crippen LogP contribution in [-0.2, 0) is 13.0 Å². The molecule has 0 spiro atoms. The summed E-state index contributed by atoms with van der Waals surface area (Å²) in [6.45, 7) is 9.55. The van der Waals surface area contributed by atoms with E-state index in [1.165, 1.54) is 9.88 Å². The Morgan fingerprint density at radius 3 is 2.76 bits per heavy atom. The van der Waals surface area contributed by atoms with Crippen molar-refractivity contribution in [2.75, 3.05) is 19.7 Å². The molecule has 0 saturated carbocycles. The van der Waals surface area contributed by atoms with Crippen LogP contribution in [-0.4, -0.2) is 34.7 Å². The molecule has 0 amide bonds. The van der Waals surface area contributed by atoms with Gasteiger partial charge in [-0.1, -0.05) is 20.8 Å². The Balaban J connectivity index is 2.50. The lowest BCUT2D eigenvalue weighted by Gasteiger charge is -2.19. The first kappa shape index (κ1) is 14.6. The van der Waals surface area contributed by atoms with Gasteiger partial charge in [-0.25, -0.2) is 4.98 Å². The van der Waals surface area contributed by atoms with Crippen molar-refractivity contribution in [2.24, 2.45) is 5.92 Å². The van der Waals surface area contributed by atoms with E-state index in [1.807, 2.05) is 6.20 Å². The van der Waals surface area contributed by atoms with Crippen molar-refractivity contribution < 1.29 is 5.11 Å². The van der Waals surface area contributed by atoms with E-state index >= 15 is 0 Å². The van der Waals surface area contributed by atoms with Gasteiger partial charge in [0, 0.05) is 30.6 Å². The highest BCUT2D eigenvalue weighted by Crippen LogP contribution is 2.18. The van der Waals surface area contributed by atoms with E-state index in [-0.39, 0.29) is 6.61 Å². The quantitative estimate of drug-likeness (QED) is 0.776. The maximum atomic E-state index is 9.01. The van der Waals surface area contributed by atoms with Gasteiger partial charge in [-0.15, -0.1) is 11.3 Å². The van der Waals surface area contributed by atoms with Crippen molar-refractivity contribution in [3.05, 3.63) is 16.1 Å². The van der Waals surface area contributed by atoms with Crippen molar-refractivity contribution in [3.63, 3.8) is 0 Å². The van der Waals surface area contributed by atoms with Crippen LogP contribution in [0.4, 0.5) is 0 Å². The molecule has 1 aromatic heterocycles. The number of hydrogen-bond acceptors (Lipinski definition) is 4. The molecule has 1 heterocycles. The second-order valence-electron chi connectivity index (χ2n) is 4.82. The van der Waals surface area contributed by atoms with Crippen LogP contribution in [0.5, 0.6) is 0 Å². The van der Waals surface area contributed by atoms with Crippen molar-refractivity contribution in [1.29, 1.82) is 0 Å². The lowest BCUT2D eigenvalue weighted by Crippen LogP contribution is -2.26. The predicted octanol–water partition coefficient (Wildman–Crippen LogP) is 2.55. The summed E-state index contributed by atoms with van der Waals surface area (Å²) in [7, 11) is 0. The summed E-state index contributed by atoms with van der Waals surface area (Å²) in [4.78, 5) is 8.05. The van der Waals surface area contributed by atoms with Gasteiger partial charge in [0.2, 0.25) is 0 Å². The normalized spacial score (nSPS) is 11.6. The second-order valence-corrected chi connectivity index (χ2v) is 6.02. The summed E-state index contributed by atoms with van der Waals surface area (Å²) in [5, 5.41) is 10.2. The largest absolute Gasteiger partial charge is 0.395 e. The van der Waals surface area contributed by atoms with E-state index in [1.54, 1.807) is 11.3 Å². The number of hydrogen-bond donors (Lipinski definition) is 1.